The van der Waals surface area contributed by atoms with E-state index in [1.54, 1.807) is 7.11 Å². The summed E-state index contributed by atoms with van der Waals surface area (Å²) >= 11 is 0. The summed E-state index contributed by atoms with van der Waals surface area (Å²) < 4.78 is 10.8. The molecule has 0 saturated carbocycles. The van der Waals surface area contributed by atoms with Gasteiger partial charge in [0, 0.05) is 25.2 Å². The number of hydrogen-bond acceptors (Lipinski definition) is 4. The number of likely N-dealkylation sites (tertiary alicyclic amines) is 1. The Morgan fingerprint density at radius 3 is 2.25 bits per heavy atom. The zero-order valence-electron chi connectivity index (χ0n) is 17.2. The maximum atomic E-state index is 13.1. The number of β-lactam (4-membered cyclic amide) rings is 1. The lowest BCUT2D eigenvalue weighted by Gasteiger charge is -2.54. The molecular formula is C22H30N2O4. The second-order valence-electron chi connectivity index (χ2n) is 9.47. The highest BCUT2D eigenvalue weighted by Crippen LogP contribution is 2.51. The maximum Gasteiger partial charge on any atom is 0.410 e. The molecule has 6 nitrogen and oxygen atoms in total. The zero-order chi connectivity index (χ0) is 20.1. The number of carbonyl (C=O) groups is 2. The fraction of sp³-hybridized carbons (Fsp3) is 0.636. The SMILES string of the molecule is COc1ccc(CN2CC3(CC4CCC(C3)N4C(=O)OC(C)(C)C)C2=O)cc1. The summed E-state index contributed by atoms with van der Waals surface area (Å²) in [6, 6.07) is 8.11. The van der Waals surface area contributed by atoms with Crippen LogP contribution < -0.4 is 4.74 Å². The molecule has 0 N–H and O–H groups in total. The molecule has 152 valence electrons. The Labute approximate surface area is 166 Å². The predicted octanol–water partition coefficient (Wildman–Crippen LogP) is 3.59. The number of fused-ring (bicyclic) bond motifs is 2. The standard InChI is InChI=1S/C22H30N2O4/c1-21(2,3)28-20(26)24-16-7-8-17(24)12-22(11-16)14-23(19(22)25)13-15-5-9-18(27-4)10-6-15/h5-6,9-10,16-17H,7-8,11-14H2,1-4H3. The third kappa shape index (κ3) is 3.33. The second-order valence-corrected chi connectivity index (χ2v) is 9.47. The van der Waals surface area contributed by atoms with Gasteiger partial charge in [0.15, 0.2) is 0 Å². The average molecular weight is 386 g/mol. The van der Waals surface area contributed by atoms with Gasteiger partial charge in [-0.2, -0.15) is 0 Å². The van der Waals surface area contributed by atoms with E-state index in [4.69, 9.17) is 9.47 Å². The largest absolute Gasteiger partial charge is 0.497 e. The van der Waals surface area contributed by atoms with Crippen LogP contribution in [0.5, 0.6) is 5.75 Å². The highest BCUT2D eigenvalue weighted by molar-refractivity contribution is 5.89. The minimum Gasteiger partial charge on any atom is -0.497 e. The van der Waals surface area contributed by atoms with Gasteiger partial charge in [-0.3, -0.25) is 4.79 Å². The van der Waals surface area contributed by atoms with Crippen molar-refractivity contribution in [3.8, 4) is 5.75 Å². The van der Waals surface area contributed by atoms with Crippen LogP contribution in [0.4, 0.5) is 4.79 Å². The fourth-order valence-electron chi connectivity index (χ4n) is 5.09. The summed E-state index contributed by atoms with van der Waals surface area (Å²) in [4.78, 5) is 29.5. The Bertz CT molecular complexity index is 754. The minimum atomic E-state index is -0.493. The normalized spacial score (nSPS) is 29.1. The van der Waals surface area contributed by atoms with Crippen LogP contribution in [0.1, 0.15) is 52.0 Å². The summed E-state index contributed by atoms with van der Waals surface area (Å²) in [5, 5.41) is 0. The zero-order valence-corrected chi connectivity index (χ0v) is 17.2. The van der Waals surface area contributed by atoms with Gasteiger partial charge in [0.05, 0.1) is 12.5 Å². The molecule has 3 fully saturated rings. The lowest BCUT2D eigenvalue weighted by molar-refractivity contribution is -0.169. The Morgan fingerprint density at radius 2 is 1.75 bits per heavy atom. The van der Waals surface area contributed by atoms with E-state index < -0.39 is 5.60 Å². The van der Waals surface area contributed by atoms with Crippen LogP contribution in [0, 0.1) is 5.41 Å². The van der Waals surface area contributed by atoms with Crippen molar-refractivity contribution in [1.29, 1.82) is 0 Å². The summed E-state index contributed by atoms with van der Waals surface area (Å²) in [6.07, 6.45) is 3.24. The third-order valence-corrected chi connectivity index (χ3v) is 6.24. The minimum absolute atomic E-state index is 0.126. The van der Waals surface area contributed by atoms with Crippen LogP contribution in [-0.4, -0.2) is 53.1 Å². The van der Waals surface area contributed by atoms with Crippen LogP contribution in [0.25, 0.3) is 0 Å². The number of benzene rings is 1. The molecule has 3 aliphatic heterocycles. The van der Waals surface area contributed by atoms with Crippen LogP contribution in [0.15, 0.2) is 24.3 Å². The molecule has 2 bridgehead atoms. The molecule has 1 aromatic carbocycles. The van der Waals surface area contributed by atoms with Crippen LogP contribution in [-0.2, 0) is 16.1 Å². The number of nitrogens with zero attached hydrogens (tertiary/aromatic N) is 2. The van der Waals surface area contributed by atoms with E-state index >= 15 is 0 Å². The lowest BCUT2D eigenvalue weighted by Crippen LogP contribution is -2.66. The molecule has 2 atom stereocenters. The summed E-state index contributed by atoms with van der Waals surface area (Å²) in [7, 11) is 1.65. The molecule has 3 heterocycles. The summed E-state index contributed by atoms with van der Waals surface area (Å²) in [6.45, 7) is 7.10. The molecule has 0 aromatic heterocycles. The number of carbonyl (C=O) groups excluding carboxylic acids is 2. The van der Waals surface area contributed by atoms with Crippen LogP contribution >= 0.6 is 0 Å². The third-order valence-electron chi connectivity index (χ3n) is 6.24. The van der Waals surface area contributed by atoms with Crippen molar-refractivity contribution in [2.45, 2.75) is 70.7 Å². The number of piperidine rings is 1. The van der Waals surface area contributed by atoms with Gasteiger partial charge in [0.2, 0.25) is 5.91 Å². The molecule has 2 unspecified atom stereocenters. The van der Waals surface area contributed by atoms with E-state index in [9.17, 15) is 9.59 Å². The number of hydrogen-bond donors (Lipinski definition) is 0. The molecule has 2 amide bonds. The second kappa shape index (κ2) is 6.68. The highest BCUT2D eigenvalue weighted by Gasteiger charge is 2.60. The first-order valence-corrected chi connectivity index (χ1v) is 10.1. The van der Waals surface area contributed by atoms with Gasteiger partial charge in [-0.05, 0) is 64.2 Å². The van der Waals surface area contributed by atoms with Crippen molar-refractivity contribution in [2.75, 3.05) is 13.7 Å². The number of amides is 2. The van der Waals surface area contributed by atoms with Gasteiger partial charge in [-0.1, -0.05) is 12.1 Å². The highest BCUT2D eigenvalue weighted by atomic mass is 16.6. The van der Waals surface area contributed by atoms with Gasteiger partial charge in [-0.25, -0.2) is 4.79 Å². The van der Waals surface area contributed by atoms with Gasteiger partial charge in [0.1, 0.15) is 11.4 Å². The van der Waals surface area contributed by atoms with Crippen molar-refractivity contribution in [1.82, 2.24) is 9.80 Å². The van der Waals surface area contributed by atoms with Crippen molar-refractivity contribution in [3.63, 3.8) is 0 Å². The Kier molecular flexibility index (Phi) is 4.55. The number of methoxy groups -OCH3 is 1. The van der Waals surface area contributed by atoms with Crippen LogP contribution in [0.2, 0.25) is 0 Å². The molecule has 0 aliphatic carbocycles. The van der Waals surface area contributed by atoms with Gasteiger partial charge in [-0.15, -0.1) is 0 Å². The summed E-state index contributed by atoms with van der Waals surface area (Å²) in [5.41, 5.74) is 0.336. The molecule has 0 radical (unpaired) electrons. The molecule has 3 saturated heterocycles. The number of rotatable bonds is 3. The molecule has 4 rings (SSSR count). The summed E-state index contributed by atoms with van der Waals surface area (Å²) in [5.74, 6) is 1.06. The molecule has 1 spiro atoms. The van der Waals surface area contributed by atoms with E-state index in [2.05, 4.69) is 0 Å². The van der Waals surface area contributed by atoms with Crippen molar-refractivity contribution in [3.05, 3.63) is 29.8 Å². The maximum absolute atomic E-state index is 13.1. The fourth-order valence-corrected chi connectivity index (χ4v) is 5.09. The van der Waals surface area contributed by atoms with E-state index in [0.717, 1.165) is 43.5 Å². The topological polar surface area (TPSA) is 59.1 Å². The number of ether oxygens (including phenoxy) is 2. The molecule has 6 heteroatoms. The Hall–Kier alpha value is -2.24. The Morgan fingerprint density at radius 1 is 1.14 bits per heavy atom. The lowest BCUT2D eigenvalue weighted by atomic mass is 9.68. The average Bonchev–Trinajstić information content (AvgIpc) is 2.91. The van der Waals surface area contributed by atoms with Crippen molar-refractivity contribution >= 4 is 12.0 Å². The molecule has 28 heavy (non-hydrogen) atoms. The molecule has 3 aliphatic rings. The smallest absolute Gasteiger partial charge is 0.410 e. The Balaban J connectivity index is 1.39. The quantitative estimate of drug-likeness (QED) is 0.745. The first kappa shape index (κ1) is 19.1. The monoisotopic (exact) mass is 386 g/mol. The van der Waals surface area contributed by atoms with Crippen molar-refractivity contribution in [2.24, 2.45) is 5.41 Å². The first-order valence-electron chi connectivity index (χ1n) is 10.1. The van der Waals surface area contributed by atoms with Gasteiger partial charge >= 0.3 is 6.09 Å². The molecule has 1 aromatic rings. The van der Waals surface area contributed by atoms with E-state index in [1.165, 1.54) is 0 Å². The van der Waals surface area contributed by atoms with E-state index in [0.29, 0.717) is 6.54 Å². The van der Waals surface area contributed by atoms with E-state index in [-0.39, 0.29) is 29.5 Å². The predicted molar refractivity (Wildman–Crippen MR) is 105 cm³/mol. The van der Waals surface area contributed by atoms with Crippen LogP contribution in [0.3, 0.4) is 0 Å². The first-order chi connectivity index (χ1) is 13.2. The van der Waals surface area contributed by atoms with Crippen molar-refractivity contribution < 1.29 is 19.1 Å². The van der Waals surface area contributed by atoms with Gasteiger partial charge < -0.3 is 19.3 Å². The van der Waals surface area contributed by atoms with Gasteiger partial charge in [0.25, 0.3) is 0 Å². The molecular weight excluding hydrogens is 356 g/mol. The van der Waals surface area contributed by atoms with E-state index in [1.807, 2.05) is 54.8 Å².